The Morgan fingerprint density at radius 1 is 1.41 bits per heavy atom. The van der Waals surface area contributed by atoms with Crippen molar-refractivity contribution in [3.05, 3.63) is 22.4 Å². The second kappa shape index (κ2) is 6.53. The van der Waals surface area contributed by atoms with Crippen molar-refractivity contribution in [2.24, 2.45) is 17.6 Å². The largest absolute Gasteiger partial charge is 0.330 e. The third-order valence-electron chi connectivity index (χ3n) is 4.02. The topological polar surface area (TPSA) is 29.3 Å². The van der Waals surface area contributed by atoms with Gasteiger partial charge in [-0.15, -0.1) is 11.3 Å². The van der Waals surface area contributed by atoms with Crippen LogP contribution in [0.4, 0.5) is 0 Å². The highest BCUT2D eigenvalue weighted by atomic mass is 32.1. The van der Waals surface area contributed by atoms with Crippen LogP contribution in [0.25, 0.3) is 0 Å². The van der Waals surface area contributed by atoms with Crippen molar-refractivity contribution in [2.75, 3.05) is 19.6 Å². The van der Waals surface area contributed by atoms with Crippen molar-refractivity contribution in [3.8, 4) is 0 Å². The van der Waals surface area contributed by atoms with Crippen LogP contribution in [0.3, 0.4) is 0 Å². The first-order valence-corrected chi connectivity index (χ1v) is 7.66. The second-order valence-corrected chi connectivity index (χ2v) is 6.13. The summed E-state index contributed by atoms with van der Waals surface area (Å²) in [6, 6.07) is 4.38. The van der Waals surface area contributed by atoms with E-state index >= 15 is 0 Å². The summed E-state index contributed by atoms with van der Waals surface area (Å²) >= 11 is 1.86. The van der Waals surface area contributed by atoms with Crippen LogP contribution in [0.5, 0.6) is 0 Å². The van der Waals surface area contributed by atoms with Crippen molar-refractivity contribution in [3.63, 3.8) is 0 Å². The van der Waals surface area contributed by atoms with Gasteiger partial charge in [-0.05, 0) is 49.2 Å². The average molecular weight is 252 g/mol. The zero-order chi connectivity index (χ0) is 12.1. The molecule has 0 amide bonds. The van der Waals surface area contributed by atoms with Gasteiger partial charge in [-0.3, -0.25) is 4.90 Å². The monoisotopic (exact) mass is 252 g/mol. The summed E-state index contributed by atoms with van der Waals surface area (Å²) in [5.74, 6) is 1.60. The number of nitrogens with two attached hydrogens (primary N) is 1. The summed E-state index contributed by atoms with van der Waals surface area (Å²) in [5, 5.41) is 2.17. The molecule has 0 saturated heterocycles. The normalized spacial score (nSPS) is 24.6. The molecule has 1 heterocycles. The Kier molecular flexibility index (Phi) is 5.01. The van der Waals surface area contributed by atoms with Crippen LogP contribution in [0.15, 0.2) is 17.5 Å². The van der Waals surface area contributed by atoms with E-state index in [1.54, 1.807) is 0 Å². The van der Waals surface area contributed by atoms with Gasteiger partial charge in [0.15, 0.2) is 0 Å². The van der Waals surface area contributed by atoms with Gasteiger partial charge in [0, 0.05) is 18.0 Å². The molecule has 0 radical (unpaired) electrons. The highest BCUT2D eigenvalue weighted by molar-refractivity contribution is 7.09. The van der Waals surface area contributed by atoms with E-state index < -0.39 is 0 Å². The zero-order valence-corrected chi connectivity index (χ0v) is 11.6. The van der Waals surface area contributed by atoms with E-state index in [0.717, 1.165) is 31.5 Å². The summed E-state index contributed by atoms with van der Waals surface area (Å²) in [4.78, 5) is 4.05. The molecular formula is C14H24N2S. The lowest BCUT2D eigenvalue weighted by Gasteiger charge is -2.26. The van der Waals surface area contributed by atoms with Crippen molar-refractivity contribution in [2.45, 2.75) is 32.7 Å². The summed E-state index contributed by atoms with van der Waals surface area (Å²) in [6.07, 6.45) is 4.10. The number of hydrogen-bond acceptors (Lipinski definition) is 3. The van der Waals surface area contributed by atoms with Gasteiger partial charge in [-0.1, -0.05) is 19.4 Å². The predicted molar refractivity (Wildman–Crippen MR) is 75.2 cm³/mol. The maximum atomic E-state index is 5.86. The minimum Gasteiger partial charge on any atom is -0.330 e. The molecule has 96 valence electrons. The molecule has 2 unspecified atom stereocenters. The summed E-state index contributed by atoms with van der Waals surface area (Å²) in [7, 11) is 0. The Labute approximate surface area is 109 Å². The Hall–Kier alpha value is -0.380. The highest BCUT2D eigenvalue weighted by Gasteiger charge is 2.27. The molecule has 0 aliphatic heterocycles. The van der Waals surface area contributed by atoms with E-state index in [2.05, 4.69) is 29.3 Å². The van der Waals surface area contributed by atoms with Crippen LogP contribution in [0, 0.1) is 11.8 Å². The fourth-order valence-corrected chi connectivity index (χ4v) is 3.67. The molecule has 2 atom stereocenters. The smallest absolute Gasteiger partial charge is 0.0327 e. The quantitative estimate of drug-likeness (QED) is 0.843. The molecule has 3 heteroatoms. The average Bonchev–Trinajstić information content (AvgIpc) is 2.99. The van der Waals surface area contributed by atoms with E-state index in [1.165, 1.54) is 30.7 Å². The zero-order valence-electron chi connectivity index (χ0n) is 10.8. The Bertz CT molecular complexity index is 310. The summed E-state index contributed by atoms with van der Waals surface area (Å²) < 4.78 is 0. The second-order valence-electron chi connectivity index (χ2n) is 5.09. The first kappa shape index (κ1) is 13.1. The molecule has 0 aromatic carbocycles. The predicted octanol–water partition coefficient (Wildman–Crippen LogP) is 2.95. The van der Waals surface area contributed by atoms with Crippen LogP contribution in [-0.2, 0) is 6.54 Å². The van der Waals surface area contributed by atoms with Gasteiger partial charge < -0.3 is 5.73 Å². The molecule has 0 bridgehead atoms. The van der Waals surface area contributed by atoms with Gasteiger partial charge in [0.25, 0.3) is 0 Å². The molecule has 2 N–H and O–H groups in total. The fraction of sp³-hybridized carbons (Fsp3) is 0.714. The van der Waals surface area contributed by atoms with E-state index in [4.69, 9.17) is 5.73 Å². The molecule has 1 aromatic rings. The summed E-state index contributed by atoms with van der Waals surface area (Å²) in [6.45, 7) is 6.63. The fourth-order valence-electron chi connectivity index (χ4n) is 2.92. The van der Waals surface area contributed by atoms with E-state index in [1.807, 2.05) is 11.3 Å². The molecule has 1 saturated carbocycles. The van der Waals surface area contributed by atoms with Gasteiger partial charge in [0.05, 0.1) is 0 Å². The third kappa shape index (κ3) is 3.54. The van der Waals surface area contributed by atoms with Crippen LogP contribution >= 0.6 is 11.3 Å². The molecule has 0 spiro atoms. The number of rotatable bonds is 6. The Morgan fingerprint density at radius 2 is 2.24 bits per heavy atom. The SMILES string of the molecule is CCN(Cc1cccs1)CC1CCCC1CN. The van der Waals surface area contributed by atoms with E-state index in [-0.39, 0.29) is 0 Å². The number of hydrogen-bond donors (Lipinski definition) is 1. The molecule has 2 nitrogen and oxygen atoms in total. The Balaban J connectivity index is 1.86. The molecule has 17 heavy (non-hydrogen) atoms. The molecule has 2 rings (SSSR count). The van der Waals surface area contributed by atoms with E-state index in [9.17, 15) is 0 Å². The van der Waals surface area contributed by atoms with Gasteiger partial charge >= 0.3 is 0 Å². The number of thiophene rings is 1. The van der Waals surface area contributed by atoms with Gasteiger partial charge in [0.1, 0.15) is 0 Å². The maximum Gasteiger partial charge on any atom is 0.0327 e. The lowest BCUT2D eigenvalue weighted by molar-refractivity contribution is 0.209. The lowest BCUT2D eigenvalue weighted by atomic mass is 9.95. The molecule has 1 fully saturated rings. The first-order chi connectivity index (χ1) is 8.33. The highest BCUT2D eigenvalue weighted by Crippen LogP contribution is 2.31. The van der Waals surface area contributed by atoms with Gasteiger partial charge in [-0.25, -0.2) is 0 Å². The lowest BCUT2D eigenvalue weighted by Crippen LogP contribution is -2.32. The minimum absolute atomic E-state index is 0.771. The number of nitrogens with zero attached hydrogens (tertiary/aromatic N) is 1. The van der Waals surface area contributed by atoms with Gasteiger partial charge in [0.2, 0.25) is 0 Å². The molecular weight excluding hydrogens is 228 g/mol. The third-order valence-corrected chi connectivity index (χ3v) is 4.88. The van der Waals surface area contributed by atoms with E-state index in [0.29, 0.717) is 0 Å². The molecule has 1 aliphatic carbocycles. The Morgan fingerprint density at radius 3 is 2.88 bits per heavy atom. The van der Waals surface area contributed by atoms with Crippen molar-refractivity contribution < 1.29 is 0 Å². The molecule has 1 aliphatic rings. The van der Waals surface area contributed by atoms with Crippen molar-refractivity contribution in [1.29, 1.82) is 0 Å². The van der Waals surface area contributed by atoms with Gasteiger partial charge in [-0.2, -0.15) is 0 Å². The summed E-state index contributed by atoms with van der Waals surface area (Å²) in [5.41, 5.74) is 5.86. The van der Waals surface area contributed by atoms with Crippen molar-refractivity contribution >= 4 is 11.3 Å². The maximum absolute atomic E-state index is 5.86. The first-order valence-electron chi connectivity index (χ1n) is 6.78. The molecule has 1 aromatic heterocycles. The van der Waals surface area contributed by atoms with Crippen LogP contribution in [0.2, 0.25) is 0 Å². The van der Waals surface area contributed by atoms with Crippen LogP contribution in [-0.4, -0.2) is 24.5 Å². The minimum atomic E-state index is 0.771. The standard InChI is InChI=1S/C14H24N2S/c1-2-16(11-14-7-4-8-17-14)10-13-6-3-5-12(13)9-15/h4,7-8,12-13H,2-3,5-6,9-11,15H2,1H3. The van der Waals surface area contributed by atoms with Crippen molar-refractivity contribution in [1.82, 2.24) is 4.90 Å². The van der Waals surface area contributed by atoms with Crippen LogP contribution in [0.1, 0.15) is 31.1 Å². The van der Waals surface area contributed by atoms with Crippen LogP contribution < -0.4 is 5.73 Å².